The average Bonchev–Trinajstić information content (AvgIpc) is 2.83. The summed E-state index contributed by atoms with van der Waals surface area (Å²) < 4.78 is 28.6. The quantitative estimate of drug-likeness (QED) is 0.687. The van der Waals surface area contributed by atoms with Crippen LogP contribution in [-0.4, -0.2) is 79.2 Å². The third-order valence-electron chi connectivity index (χ3n) is 4.66. The van der Waals surface area contributed by atoms with E-state index < -0.39 is 28.2 Å². The SMILES string of the molecule is C[C@@H](C(=O)NC(N)=O)N1CCN(S(=O)(=O)N2CCCCCC2)CC1. The Morgan fingerprint density at radius 3 is 1.92 bits per heavy atom. The summed E-state index contributed by atoms with van der Waals surface area (Å²) in [6.45, 7) is 4.41. The third kappa shape index (κ3) is 4.65. The molecule has 2 aliphatic rings. The Balaban J connectivity index is 1.91. The maximum Gasteiger partial charge on any atom is 0.318 e. The average molecular weight is 361 g/mol. The highest BCUT2D eigenvalue weighted by atomic mass is 32.2. The monoisotopic (exact) mass is 361 g/mol. The van der Waals surface area contributed by atoms with Crippen molar-refractivity contribution in [2.45, 2.75) is 38.6 Å². The molecule has 2 heterocycles. The van der Waals surface area contributed by atoms with Gasteiger partial charge in [0.25, 0.3) is 10.2 Å². The van der Waals surface area contributed by atoms with Crippen LogP contribution in [0.2, 0.25) is 0 Å². The van der Waals surface area contributed by atoms with E-state index in [4.69, 9.17) is 5.73 Å². The molecule has 0 saturated carbocycles. The number of piperazine rings is 1. The molecule has 2 fully saturated rings. The van der Waals surface area contributed by atoms with E-state index in [0.29, 0.717) is 39.3 Å². The number of rotatable bonds is 4. The molecule has 0 spiro atoms. The van der Waals surface area contributed by atoms with E-state index in [1.807, 2.05) is 4.90 Å². The number of nitrogens with zero attached hydrogens (tertiary/aromatic N) is 3. The number of carbonyl (C=O) groups is 2. The fourth-order valence-electron chi connectivity index (χ4n) is 3.15. The minimum Gasteiger partial charge on any atom is -0.351 e. The summed E-state index contributed by atoms with van der Waals surface area (Å²) in [6, 6.07) is -1.41. The van der Waals surface area contributed by atoms with Gasteiger partial charge in [0.1, 0.15) is 0 Å². The van der Waals surface area contributed by atoms with Crippen LogP contribution in [0.5, 0.6) is 0 Å². The van der Waals surface area contributed by atoms with Crippen LogP contribution in [0.15, 0.2) is 0 Å². The summed E-state index contributed by atoms with van der Waals surface area (Å²) in [5.41, 5.74) is 4.95. The van der Waals surface area contributed by atoms with Gasteiger partial charge in [-0.05, 0) is 19.8 Å². The maximum atomic E-state index is 12.7. The van der Waals surface area contributed by atoms with E-state index >= 15 is 0 Å². The van der Waals surface area contributed by atoms with Gasteiger partial charge in [0.2, 0.25) is 5.91 Å². The molecular formula is C14H27N5O4S. The predicted molar refractivity (Wildman–Crippen MR) is 89.3 cm³/mol. The van der Waals surface area contributed by atoms with Gasteiger partial charge in [0, 0.05) is 39.3 Å². The van der Waals surface area contributed by atoms with Gasteiger partial charge in [0.15, 0.2) is 0 Å². The molecule has 0 unspecified atom stereocenters. The summed E-state index contributed by atoms with van der Waals surface area (Å²) in [7, 11) is -3.43. The van der Waals surface area contributed by atoms with E-state index in [1.54, 1.807) is 11.2 Å². The topological polar surface area (TPSA) is 116 Å². The number of nitrogens with two attached hydrogens (primary N) is 1. The zero-order valence-corrected chi connectivity index (χ0v) is 14.9. The molecule has 0 aromatic heterocycles. The van der Waals surface area contributed by atoms with Gasteiger partial charge in [-0.1, -0.05) is 12.8 Å². The lowest BCUT2D eigenvalue weighted by molar-refractivity contribution is -0.125. The molecule has 9 nitrogen and oxygen atoms in total. The van der Waals surface area contributed by atoms with Gasteiger partial charge < -0.3 is 5.73 Å². The molecule has 138 valence electrons. The first-order valence-electron chi connectivity index (χ1n) is 8.42. The van der Waals surface area contributed by atoms with Crippen LogP contribution in [0.4, 0.5) is 4.79 Å². The molecule has 10 heteroatoms. The molecular weight excluding hydrogens is 334 g/mol. The molecule has 0 radical (unpaired) electrons. The summed E-state index contributed by atoms with van der Waals surface area (Å²) in [5, 5.41) is 2.06. The summed E-state index contributed by atoms with van der Waals surface area (Å²) in [4.78, 5) is 24.4. The Hall–Kier alpha value is -1.23. The van der Waals surface area contributed by atoms with E-state index in [1.165, 1.54) is 4.31 Å². The van der Waals surface area contributed by atoms with Crippen molar-refractivity contribution in [3.63, 3.8) is 0 Å². The van der Waals surface area contributed by atoms with Gasteiger partial charge in [0.05, 0.1) is 6.04 Å². The molecule has 0 aliphatic carbocycles. The van der Waals surface area contributed by atoms with Crippen molar-refractivity contribution in [1.29, 1.82) is 0 Å². The van der Waals surface area contributed by atoms with Crippen LogP contribution >= 0.6 is 0 Å². The lowest BCUT2D eigenvalue weighted by Crippen LogP contribution is -2.57. The van der Waals surface area contributed by atoms with Crippen LogP contribution in [0.1, 0.15) is 32.6 Å². The summed E-state index contributed by atoms with van der Waals surface area (Å²) in [5.74, 6) is -0.466. The molecule has 3 amide bonds. The minimum absolute atomic E-state index is 0.340. The van der Waals surface area contributed by atoms with E-state index in [-0.39, 0.29) is 0 Å². The fraction of sp³-hybridized carbons (Fsp3) is 0.857. The van der Waals surface area contributed by atoms with Crippen molar-refractivity contribution >= 4 is 22.1 Å². The number of nitrogens with one attached hydrogen (secondary N) is 1. The second-order valence-corrected chi connectivity index (χ2v) is 8.21. The number of hydrogen-bond donors (Lipinski definition) is 2. The maximum absolute atomic E-state index is 12.7. The van der Waals surface area contributed by atoms with Gasteiger partial charge in [-0.25, -0.2) is 4.79 Å². The molecule has 0 aromatic rings. The highest BCUT2D eigenvalue weighted by Gasteiger charge is 2.34. The lowest BCUT2D eigenvalue weighted by atomic mass is 10.2. The second kappa shape index (κ2) is 8.24. The first-order valence-corrected chi connectivity index (χ1v) is 9.81. The van der Waals surface area contributed by atoms with Crippen LogP contribution < -0.4 is 11.1 Å². The van der Waals surface area contributed by atoms with Crippen molar-refractivity contribution in [3.8, 4) is 0 Å². The van der Waals surface area contributed by atoms with Crippen LogP contribution in [0.25, 0.3) is 0 Å². The normalized spacial score (nSPS) is 23.4. The zero-order chi connectivity index (χ0) is 17.7. The third-order valence-corrected chi connectivity index (χ3v) is 6.70. The highest BCUT2D eigenvalue weighted by Crippen LogP contribution is 2.18. The number of imide groups is 1. The molecule has 3 N–H and O–H groups in total. The standard InChI is InChI=1S/C14H27N5O4S/c1-12(13(20)16-14(15)21)17-8-10-19(11-9-17)24(22,23)18-6-4-2-3-5-7-18/h12H,2-11H2,1H3,(H3,15,16,20,21)/t12-/m0/s1. The van der Waals surface area contributed by atoms with E-state index in [9.17, 15) is 18.0 Å². The number of primary amides is 1. The molecule has 0 bridgehead atoms. The van der Waals surface area contributed by atoms with Crippen LogP contribution in [0, 0.1) is 0 Å². The lowest BCUT2D eigenvalue weighted by Gasteiger charge is -2.38. The van der Waals surface area contributed by atoms with Gasteiger partial charge in [-0.15, -0.1) is 0 Å². The van der Waals surface area contributed by atoms with E-state index in [0.717, 1.165) is 25.7 Å². The van der Waals surface area contributed by atoms with Crippen LogP contribution in [0.3, 0.4) is 0 Å². The molecule has 0 aromatic carbocycles. The van der Waals surface area contributed by atoms with Gasteiger partial charge in [-0.3, -0.25) is 15.0 Å². The molecule has 1 atom stereocenters. The van der Waals surface area contributed by atoms with Crippen molar-refractivity contribution in [2.75, 3.05) is 39.3 Å². The Morgan fingerprint density at radius 1 is 0.917 bits per heavy atom. The number of urea groups is 1. The zero-order valence-electron chi connectivity index (χ0n) is 14.1. The number of amides is 3. The minimum atomic E-state index is -3.43. The molecule has 24 heavy (non-hydrogen) atoms. The Kier molecular flexibility index (Phi) is 6.55. The smallest absolute Gasteiger partial charge is 0.318 e. The largest absolute Gasteiger partial charge is 0.351 e. The number of hydrogen-bond acceptors (Lipinski definition) is 5. The van der Waals surface area contributed by atoms with Gasteiger partial charge >= 0.3 is 6.03 Å². The van der Waals surface area contributed by atoms with Gasteiger partial charge in [-0.2, -0.15) is 17.0 Å². The highest BCUT2D eigenvalue weighted by molar-refractivity contribution is 7.86. The number of carbonyl (C=O) groups excluding carboxylic acids is 2. The predicted octanol–water partition coefficient (Wildman–Crippen LogP) is -0.692. The molecule has 2 saturated heterocycles. The Morgan fingerprint density at radius 2 is 1.42 bits per heavy atom. The van der Waals surface area contributed by atoms with Crippen LogP contribution in [-0.2, 0) is 15.0 Å². The first kappa shape index (κ1) is 19.1. The van der Waals surface area contributed by atoms with Crippen molar-refractivity contribution in [1.82, 2.24) is 18.8 Å². The van der Waals surface area contributed by atoms with Crippen molar-refractivity contribution in [2.24, 2.45) is 5.73 Å². The summed E-state index contributed by atoms with van der Waals surface area (Å²) in [6.07, 6.45) is 3.96. The first-order chi connectivity index (χ1) is 11.3. The van der Waals surface area contributed by atoms with Crippen molar-refractivity contribution < 1.29 is 18.0 Å². The summed E-state index contributed by atoms with van der Waals surface area (Å²) >= 11 is 0. The Labute approximate surface area is 143 Å². The fourth-order valence-corrected chi connectivity index (χ4v) is 4.82. The van der Waals surface area contributed by atoms with E-state index in [2.05, 4.69) is 5.32 Å². The molecule has 2 aliphatic heterocycles. The molecule has 2 rings (SSSR count). The second-order valence-electron chi connectivity index (χ2n) is 6.29. The Bertz CT molecular complexity index is 552. The van der Waals surface area contributed by atoms with Crippen molar-refractivity contribution in [3.05, 3.63) is 0 Å².